The Bertz CT molecular complexity index is 984. The molecule has 2 aromatic rings. The van der Waals surface area contributed by atoms with Gasteiger partial charge in [0.05, 0.1) is 8.99 Å². The van der Waals surface area contributed by atoms with Gasteiger partial charge in [0.1, 0.15) is 5.82 Å². The maximum atomic E-state index is 13.8. The van der Waals surface area contributed by atoms with Crippen LogP contribution in [0.4, 0.5) is 4.39 Å². The number of Topliss-reactive ketones (excluding diaryl/α,β-unsaturated/α-hetero) is 1. The van der Waals surface area contributed by atoms with Crippen molar-refractivity contribution in [3.8, 4) is 0 Å². The number of rotatable bonds is 1. The molecule has 2 nitrogen and oxygen atoms in total. The third kappa shape index (κ3) is 2.43. The quantitative estimate of drug-likeness (QED) is 0.595. The van der Waals surface area contributed by atoms with E-state index in [0.29, 0.717) is 14.7 Å². The molecule has 0 amide bonds. The minimum absolute atomic E-state index is 0.103. The molecule has 4 rings (SSSR count). The fourth-order valence-corrected chi connectivity index (χ4v) is 4.52. The number of fused-ring (bicyclic) bond motifs is 2. The Morgan fingerprint density at radius 3 is 2.28 bits per heavy atom. The average molecular weight is 442 g/mol. The fraction of sp³-hybridized carbons (Fsp3) is 0.0476. The molecule has 0 aliphatic heterocycles. The number of benzene rings is 2. The smallest absolute Gasteiger partial charge is 0.199 e. The van der Waals surface area contributed by atoms with Crippen LogP contribution in [0.2, 0.25) is 0 Å². The van der Waals surface area contributed by atoms with Crippen molar-refractivity contribution in [2.45, 2.75) is 5.41 Å². The van der Waals surface area contributed by atoms with Gasteiger partial charge in [0.25, 0.3) is 0 Å². The van der Waals surface area contributed by atoms with Crippen molar-refractivity contribution in [1.82, 2.24) is 0 Å². The zero-order valence-corrected chi connectivity index (χ0v) is 15.2. The zero-order valence-electron chi connectivity index (χ0n) is 13.0. The molecule has 1 spiro atoms. The fourth-order valence-electron chi connectivity index (χ4n) is 3.47. The second kappa shape index (κ2) is 5.88. The second-order valence-corrected chi connectivity index (χ2v) is 7.09. The SMILES string of the molecule is O=C1C=CC2(C=C1)C(c1ccccc1)=C(I)C(=O)c1cc(F)ccc12. The molecule has 0 atom stereocenters. The predicted octanol–water partition coefficient (Wildman–Crippen LogP) is 4.80. The molecular formula is C21H12FIO2. The molecule has 25 heavy (non-hydrogen) atoms. The van der Waals surface area contributed by atoms with Crippen molar-refractivity contribution >= 4 is 39.7 Å². The van der Waals surface area contributed by atoms with Crippen LogP contribution < -0.4 is 0 Å². The van der Waals surface area contributed by atoms with Crippen molar-refractivity contribution in [3.05, 3.63) is 98.9 Å². The lowest BCUT2D eigenvalue weighted by Gasteiger charge is -2.38. The lowest BCUT2D eigenvalue weighted by molar-refractivity contribution is -0.110. The topological polar surface area (TPSA) is 34.1 Å². The Morgan fingerprint density at radius 2 is 1.60 bits per heavy atom. The molecule has 0 saturated carbocycles. The molecule has 2 aliphatic rings. The Kier molecular flexibility index (Phi) is 3.80. The summed E-state index contributed by atoms with van der Waals surface area (Å²) in [6, 6.07) is 13.9. The first-order valence-electron chi connectivity index (χ1n) is 7.76. The number of halogens is 2. The van der Waals surface area contributed by atoms with E-state index in [1.54, 1.807) is 18.2 Å². The minimum atomic E-state index is -0.761. The third-order valence-corrected chi connectivity index (χ3v) is 5.62. The molecule has 4 heteroatoms. The predicted molar refractivity (Wildman–Crippen MR) is 103 cm³/mol. The van der Waals surface area contributed by atoms with Crippen LogP contribution >= 0.6 is 22.6 Å². The molecule has 2 aliphatic carbocycles. The summed E-state index contributed by atoms with van der Waals surface area (Å²) >= 11 is 2.03. The Labute approximate surface area is 157 Å². The van der Waals surface area contributed by atoms with E-state index in [1.165, 1.54) is 24.3 Å². The van der Waals surface area contributed by atoms with Crippen molar-refractivity contribution < 1.29 is 14.0 Å². The van der Waals surface area contributed by atoms with E-state index in [9.17, 15) is 14.0 Å². The maximum Gasteiger partial charge on any atom is 0.199 e. The molecule has 0 bridgehead atoms. The molecule has 0 fully saturated rings. The number of ketones is 2. The first kappa shape index (κ1) is 16.1. The van der Waals surface area contributed by atoms with Crippen LogP contribution in [0.5, 0.6) is 0 Å². The molecule has 0 unspecified atom stereocenters. The highest BCUT2D eigenvalue weighted by Crippen LogP contribution is 2.50. The average Bonchev–Trinajstić information content (AvgIpc) is 2.63. The van der Waals surface area contributed by atoms with Gasteiger partial charge in [0.15, 0.2) is 11.6 Å². The molecule has 0 heterocycles. The largest absolute Gasteiger partial charge is 0.290 e. The van der Waals surface area contributed by atoms with E-state index >= 15 is 0 Å². The Hall–Kier alpha value is -2.34. The molecule has 0 radical (unpaired) electrons. The van der Waals surface area contributed by atoms with Crippen molar-refractivity contribution in [3.63, 3.8) is 0 Å². The summed E-state index contributed by atoms with van der Waals surface area (Å²) in [6.45, 7) is 0. The molecule has 122 valence electrons. The van der Waals surface area contributed by atoms with Gasteiger partial charge in [-0.15, -0.1) is 0 Å². The summed E-state index contributed by atoms with van der Waals surface area (Å²) in [5, 5.41) is 0. The molecule has 0 N–H and O–H groups in total. The van der Waals surface area contributed by atoms with Gasteiger partial charge in [-0.05, 0) is 63.6 Å². The number of carbonyl (C=O) groups excluding carboxylic acids is 2. The van der Waals surface area contributed by atoms with Crippen molar-refractivity contribution in [1.29, 1.82) is 0 Å². The minimum Gasteiger partial charge on any atom is -0.290 e. The van der Waals surface area contributed by atoms with Crippen LogP contribution in [-0.2, 0) is 10.2 Å². The zero-order chi connectivity index (χ0) is 17.6. The summed E-state index contributed by atoms with van der Waals surface area (Å²) in [7, 11) is 0. The number of allylic oxidation sites excluding steroid dienone is 6. The summed E-state index contributed by atoms with van der Waals surface area (Å²) in [6.07, 6.45) is 6.63. The van der Waals surface area contributed by atoms with Gasteiger partial charge in [0, 0.05) is 5.56 Å². The standard InChI is InChI=1S/C21H12FIO2/c22-14-6-7-17-16(12-14)20(25)19(23)18(13-4-2-1-3-5-13)21(17)10-8-15(24)9-11-21/h1-12H. The van der Waals surface area contributed by atoms with E-state index in [0.717, 1.165) is 11.1 Å². The number of hydrogen-bond donors (Lipinski definition) is 0. The summed E-state index contributed by atoms with van der Waals surface area (Å²) in [4.78, 5) is 24.6. The lowest BCUT2D eigenvalue weighted by Crippen LogP contribution is -2.33. The van der Waals surface area contributed by atoms with Gasteiger partial charge in [-0.2, -0.15) is 0 Å². The van der Waals surface area contributed by atoms with E-state index in [4.69, 9.17) is 0 Å². The van der Waals surface area contributed by atoms with Gasteiger partial charge in [-0.1, -0.05) is 48.6 Å². The van der Waals surface area contributed by atoms with Crippen LogP contribution in [0, 0.1) is 5.82 Å². The highest BCUT2D eigenvalue weighted by molar-refractivity contribution is 14.1. The van der Waals surface area contributed by atoms with Gasteiger partial charge in [-0.3, -0.25) is 9.59 Å². The first-order valence-corrected chi connectivity index (χ1v) is 8.84. The first-order chi connectivity index (χ1) is 12.0. The van der Waals surface area contributed by atoms with E-state index in [2.05, 4.69) is 0 Å². The maximum absolute atomic E-state index is 13.8. The normalized spacial score (nSPS) is 18.0. The van der Waals surface area contributed by atoms with Crippen LogP contribution in [0.25, 0.3) is 5.57 Å². The van der Waals surface area contributed by atoms with E-state index in [-0.39, 0.29) is 11.6 Å². The second-order valence-electron chi connectivity index (χ2n) is 6.01. The highest BCUT2D eigenvalue weighted by Gasteiger charge is 2.43. The van der Waals surface area contributed by atoms with E-state index < -0.39 is 11.2 Å². The van der Waals surface area contributed by atoms with Gasteiger partial charge < -0.3 is 0 Å². The monoisotopic (exact) mass is 442 g/mol. The Morgan fingerprint density at radius 1 is 0.920 bits per heavy atom. The number of hydrogen-bond acceptors (Lipinski definition) is 2. The summed E-state index contributed by atoms with van der Waals surface area (Å²) in [5.74, 6) is -0.749. The summed E-state index contributed by atoms with van der Waals surface area (Å²) in [5.41, 5.74) is 1.99. The van der Waals surface area contributed by atoms with Crippen LogP contribution in [-0.4, -0.2) is 11.6 Å². The molecule has 2 aromatic carbocycles. The van der Waals surface area contributed by atoms with E-state index in [1.807, 2.05) is 52.9 Å². The van der Waals surface area contributed by atoms with Gasteiger partial charge in [-0.25, -0.2) is 4.39 Å². The van der Waals surface area contributed by atoms with Crippen LogP contribution in [0.15, 0.2) is 76.4 Å². The molecule has 0 aromatic heterocycles. The lowest BCUT2D eigenvalue weighted by atomic mass is 9.65. The van der Waals surface area contributed by atoms with Crippen LogP contribution in [0.1, 0.15) is 21.5 Å². The van der Waals surface area contributed by atoms with Gasteiger partial charge >= 0.3 is 0 Å². The summed E-state index contributed by atoms with van der Waals surface area (Å²) < 4.78 is 14.3. The molecular weight excluding hydrogens is 430 g/mol. The van der Waals surface area contributed by atoms with Crippen molar-refractivity contribution in [2.75, 3.05) is 0 Å². The highest BCUT2D eigenvalue weighted by atomic mass is 127. The van der Waals surface area contributed by atoms with Crippen molar-refractivity contribution in [2.24, 2.45) is 0 Å². The number of carbonyl (C=O) groups is 2. The van der Waals surface area contributed by atoms with Gasteiger partial charge in [0.2, 0.25) is 0 Å². The third-order valence-electron chi connectivity index (χ3n) is 4.59. The van der Waals surface area contributed by atoms with Crippen LogP contribution in [0.3, 0.4) is 0 Å². The Balaban J connectivity index is 2.09. The molecule has 0 saturated heterocycles.